The van der Waals surface area contributed by atoms with E-state index in [9.17, 15) is 9.59 Å². The number of esters is 1. The van der Waals surface area contributed by atoms with Gasteiger partial charge in [-0.1, -0.05) is 6.07 Å². The second-order valence-corrected chi connectivity index (χ2v) is 4.00. The Bertz CT molecular complexity index is 642. The number of rotatable bonds is 4. The number of carbonyl (C=O) groups is 2. The van der Waals surface area contributed by atoms with E-state index in [-0.39, 0.29) is 0 Å². The number of hydrogen-bond donors (Lipinski definition) is 0. The molecule has 0 aliphatic heterocycles. The molecule has 2 aromatic rings. The molecular formula is C14H15NO4. The van der Waals surface area contributed by atoms with E-state index in [0.29, 0.717) is 23.2 Å². The molecule has 0 atom stereocenters. The van der Waals surface area contributed by atoms with Crippen LogP contribution in [0.25, 0.3) is 10.9 Å². The summed E-state index contributed by atoms with van der Waals surface area (Å²) in [6, 6.07) is 5.49. The molecule has 1 aromatic heterocycles. The van der Waals surface area contributed by atoms with Gasteiger partial charge in [-0.15, -0.1) is 0 Å². The highest BCUT2D eigenvalue weighted by Crippen LogP contribution is 2.31. The van der Waals surface area contributed by atoms with E-state index in [1.807, 2.05) is 23.6 Å². The van der Waals surface area contributed by atoms with Crippen LogP contribution in [0.2, 0.25) is 0 Å². The zero-order valence-electron chi connectivity index (χ0n) is 11.1. The molecule has 0 unspecified atom stereocenters. The zero-order chi connectivity index (χ0) is 14.0. The minimum Gasteiger partial charge on any atom is -0.496 e. The Hall–Kier alpha value is -2.30. The molecule has 0 spiro atoms. The maximum Gasteiger partial charge on any atom is 0.379 e. The van der Waals surface area contributed by atoms with Crippen molar-refractivity contribution in [3.05, 3.63) is 30.0 Å². The lowest BCUT2D eigenvalue weighted by Gasteiger charge is -2.04. The molecule has 5 heteroatoms. The molecule has 100 valence electrons. The Labute approximate surface area is 110 Å². The number of carbonyl (C=O) groups excluding carboxylic acids is 2. The van der Waals surface area contributed by atoms with Gasteiger partial charge in [0.15, 0.2) is 0 Å². The number of aromatic nitrogens is 1. The highest BCUT2D eigenvalue weighted by molar-refractivity contribution is 6.43. The number of Topliss-reactive ketones (excluding diaryl/α,β-unsaturated/α-hetero) is 1. The molecule has 0 radical (unpaired) electrons. The summed E-state index contributed by atoms with van der Waals surface area (Å²) in [4.78, 5) is 23.5. The molecule has 2 rings (SSSR count). The monoisotopic (exact) mass is 261 g/mol. The standard InChI is InChI=1S/C14H15NO4/c1-4-15-8-9(13(16)14(17)19-3)12-10(15)6-5-7-11(12)18-2/h5-8H,4H2,1-3H3. The first-order valence-corrected chi connectivity index (χ1v) is 5.92. The van der Waals surface area contributed by atoms with Crippen molar-refractivity contribution >= 4 is 22.7 Å². The van der Waals surface area contributed by atoms with E-state index in [4.69, 9.17) is 4.74 Å². The van der Waals surface area contributed by atoms with Gasteiger partial charge in [0.05, 0.1) is 30.7 Å². The van der Waals surface area contributed by atoms with E-state index in [1.54, 1.807) is 12.3 Å². The summed E-state index contributed by atoms with van der Waals surface area (Å²) in [5.74, 6) is -0.970. The number of aryl methyl sites for hydroxylation is 1. The number of benzene rings is 1. The van der Waals surface area contributed by atoms with Gasteiger partial charge in [0.2, 0.25) is 0 Å². The van der Waals surface area contributed by atoms with Crippen LogP contribution in [0.15, 0.2) is 24.4 Å². The summed E-state index contributed by atoms with van der Waals surface area (Å²) in [7, 11) is 2.72. The fraction of sp³-hybridized carbons (Fsp3) is 0.286. The van der Waals surface area contributed by atoms with Crippen LogP contribution in [-0.2, 0) is 16.1 Å². The number of fused-ring (bicyclic) bond motifs is 1. The van der Waals surface area contributed by atoms with Gasteiger partial charge in [0.1, 0.15) is 5.75 Å². The minimum atomic E-state index is -0.874. The van der Waals surface area contributed by atoms with Crippen molar-refractivity contribution in [1.82, 2.24) is 4.57 Å². The smallest absolute Gasteiger partial charge is 0.379 e. The second kappa shape index (κ2) is 5.14. The third kappa shape index (κ3) is 2.07. The summed E-state index contributed by atoms with van der Waals surface area (Å²) in [6.45, 7) is 2.66. The van der Waals surface area contributed by atoms with Gasteiger partial charge >= 0.3 is 5.97 Å². The first kappa shape index (κ1) is 13.1. The molecule has 0 fully saturated rings. The molecule has 1 aromatic carbocycles. The normalized spacial score (nSPS) is 10.5. The van der Waals surface area contributed by atoms with Crippen LogP contribution in [0.5, 0.6) is 5.75 Å². The predicted molar refractivity (Wildman–Crippen MR) is 70.5 cm³/mol. The van der Waals surface area contributed by atoms with Crippen LogP contribution in [0, 0.1) is 0 Å². The Balaban J connectivity index is 2.73. The summed E-state index contributed by atoms with van der Waals surface area (Å²) >= 11 is 0. The molecule has 0 amide bonds. The molecule has 0 saturated carbocycles. The number of ketones is 1. The van der Waals surface area contributed by atoms with E-state index in [0.717, 1.165) is 5.52 Å². The Kier molecular flexibility index (Phi) is 3.55. The van der Waals surface area contributed by atoms with Gasteiger partial charge in [-0.2, -0.15) is 0 Å². The van der Waals surface area contributed by atoms with Crippen LogP contribution in [0.3, 0.4) is 0 Å². The fourth-order valence-electron chi connectivity index (χ4n) is 2.13. The molecule has 19 heavy (non-hydrogen) atoms. The molecule has 1 heterocycles. The quantitative estimate of drug-likeness (QED) is 0.480. The maximum atomic E-state index is 12.0. The van der Waals surface area contributed by atoms with Crippen molar-refractivity contribution in [2.75, 3.05) is 14.2 Å². The van der Waals surface area contributed by atoms with E-state index >= 15 is 0 Å². The third-order valence-electron chi connectivity index (χ3n) is 3.04. The molecule has 0 aliphatic carbocycles. The van der Waals surface area contributed by atoms with Crippen LogP contribution in [0.1, 0.15) is 17.3 Å². The fourth-order valence-corrected chi connectivity index (χ4v) is 2.13. The lowest BCUT2D eigenvalue weighted by Crippen LogP contribution is -2.15. The van der Waals surface area contributed by atoms with Crippen molar-refractivity contribution in [3.8, 4) is 5.75 Å². The highest BCUT2D eigenvalue weighted by atomic mass is 16.5. The SMILES string of the molecule is CCn1cc(C(=O)C(=O)OC)c2c(OC)cccc21. The highest BCUT2D eigenvalue weighted by Gasteiger charge is 2.23. The van der Waals surface area contributed by atoms with Gasteiger partial charge in [-0.3, -0.25) is 4.79 Å². The van der Waals surface area contributed by atoms with E-state index < -0.39 is 11.8 Å². The molecule has 5 nitrogen and oxygen atoms in total. The summed E-state index contributed by atoms with van der Waals surface area (Å²) < 4.78 is 11.7. The number of ether oxygens (including phenoxy) is 2. The van der Waals surface area contributed by atoms with Crippen LogP contribution in [-0.4, -0.2) is 30.5 Å². The van der Waals surface area contributed by atoms with Gasteiger partial charge in [0, 0.05) is 12.7 Å². The lowest BCUT2D eigenvalue weighted by molar-refractivity contribution is -0.135. The van der Waals surface area contributed by atoms with Gasteiger partial charge in [-0.25, -0.2) is 4.79 Å². The Morgan fingerprint density at radius 1 is 1.26 bits per heavy atom. The molecule has 0 N–H and O–H groups in total. The average molecular weight is 261 g/mol. The first-order chi connectivity index (χ1) is 9.13. The summed E-state index contributed by atoms with van der Waals surface area (Å²) in [6.07, 6.45) is 1.66. The van der Waals surface area contributed by atoms with Gasteiger partial charge in [0.25, 0.3) is 5.78 Å². The van der Waals surface area contributed by atoms with E-state index in [1.165, 1.54) is 14.2 Å². The summed E-state index contributed by atoms with van der Waals surface area (Å²) in [5.41, 5.74) is 1.16. The van der Waals surface area contributed by atoms with Crippen molar-refractivity contribution < 1.29 is 19.1 Å². The minimum absolute atomic E-state index is 0.307. The first-order valence-electron chi connectivity index (χ1n) is 5.92. The van der Waals surface area contributed by atoms with Gasteiger partial charge in [-0.05, 0) is 19.1 Å². The Morgan fingerprint density at radius 3 is 2.58 bits per heavy atom. The number of nitrogens with zero attached hydrogens (tertiary/aromatic N) is 1. The molecule has 0 bridgehead atoms. The number of methoxy groups -OCH3 is 2. The lowest BCUT2D eigenvalue weighted by atomic mass is 10.1. The Morgan fingerprint density at radius 2 is 2.00 bits per heavy atom. The maximum absolute atomic E-state index is 12.0. The number of hydrogen-bond acceptors (Lipinski definition) is 4. The van der Waals surface area contributed by atoms with Crippen molar-refractivity contribution in [3.63, 3.8) is 0 Å². The molecule has 0 aliphatic rings. The van der Waals surface area contributed by atoms with Crippen molar-refractivity contribution in [1.29, 1.82) is 0 Å². The molecule has 0 saturated heterocycles. The van der Waals surface area contributed by atoms with Crippen LogP contribution < -0.4 is 4.74 Å². The largest absolute Gasteiger partial charge is 0.496 e. The predicted octanol–water partition coefficient (Wildman–Crippen LogP) is 2.03. The summed E-state index contributed by atoms with van der Waals surface area (Å²) in [5, 5.41) is 0.641. The van der Waals surface area contributed by atoms with Crippen molar-refractivity contribution in [2.45, 2.75) is 13.5 Å². The third-order valence-corrected chi connectivity index (χ3v) is 3.04. The van der Waals surface area contributed by atoms with Crippen LogP contribution >= 0.6 is 0 Å². The van der Waals surface area contributed by atoms with Gasteiger partial charge < -0.3 is 14.0 Å². The zero-order valence-corrected chi connectivity index (χ0v) is 11.1. The van der Waals surface area contributed by atoms with E-state index in [2.05, 4.69) is 4.74 Å². The average Bonchev–Trinajstić information content (AvgIpc) is 2.84. The van der Waals surface area contributed by atoms with Crippen LogP contribution in [0.4, 0.5) is 0 Å². The van der Waals surface area contributed by atoms with Crippen molar-refractivity contribution in [2.24, 2.45) is 0 Å². The molecular weight excluding hydrogens is 246 g/mol. The second-order valence-electron chi connectivity index (χ2n) is 4.00. The topological polar surface area (TPSA) is 57.5 Å².